The lowest BCUT2D eigenvalue weighted by Crippen LogP contribution is -2.22. The first-order valence-corrected chi connectivity index (χ1v) is 7.79. The largest absolute Gasteiger partial charge is 0.381 e. The van der Waals surface area contributed by atoms with Crippen LogP contribution in [0.3, 0.4) is 0 Å². The van der Waals surface area contributed by atoms with Crippen molar-refractivity contribution < 1.29 is 9.13 Å². The predicted molar refractivity (Wildman–Crippen MR) is 80.4 cm³/mol. The molecule has 0 aliphatic rings. The van der Waals surface area contributed by atoms with Gasteiger partial charge in [0.25, 0.3) is 5.69 Å². The van der Waals surface area contributed by atoms with E-state index >= 15 is 0 Å². The Morgan fingerprint density at radius 3 is 2.80 bits per heavy atom. The van der Waals surface area contributed by atoms with E-state index in [1.54, 1.807) is 24.6 Å². The van der Waals surface area contributed by atoms with Crippen molar-refractivity contribution in [3.63, 3.8) is 0 Å². The van der Waals surface area contributed by atoms with E-state index in [-0.39, 0.29) is 11.7 Å². The number of non-ortho nitro benzene ring substituents is 1. The fourth-order valence-corrected chi connectivity index (χ4v) is 2.91. The van der Waals surface area contributed by atoms with Crippen LogP contribution in [0, 0.1) is 10.1 Å². The molecule has 0 fully saturated rings. The molecular weight excluding hydrogens is 278 g/mol. The third-order valence-electron chi connectivity index (χ3n) is 2.88. The lowest BCUT2D eigenvalue weighted by Gasteiger charge is -2.15. The lowest BCUT2D eigenvalue weighted by atomic mass is 10.1. The van der Waals surface area contributed by atoms with E-state index in [2.05, 4.69) is 10.3 Å². The highest BCUT2D eigenvalue weighted by atomic mass is 32.2. The summed E-state index contributed by atoms with van der Waals surface area (Å²) in [6, 6.07) is 4.77. The number of benzene rings is 1. The van der Waals surface area contributed by atoms with Crippen molar-refractivity contribution in [3.05, 3.63) is 40.7 Å². The van der Waals surface area contributed by atoms with E-state index in [1.807, 2.05) is 6.92 Å². The fraction of sp³-hybridized carbons (Fsp3) is 0.308. The summed E-state index contributed by atoms with van der Waals surface area (Å²) in [5.74, 6) is 0.513. The second-order valence-corrected chi connectivity index (χ2v) is 6.08. The highest BCUT2D eigenvalue weighted by Gasteiger charge is 2.15. The highest BCUT2D eigenvalue weighted by Crippen LogP contribution is 2.30. The zero-order valence-corrected chi connectivity index (χ0v) is 12.0. The SMILES string of the molecule is CC(CS(C)=O)Nc1ccc([N+](=O)[O-])c2ccncc12. The lowest BCUT2D eigenvalue weighted by molar-refractivity contribution is -0.383. The molecule has 2 unspecified atom stereocenters. The van der Waals surface area contributed by atoms with Gasteiger partial charge in [-0.15, -0.1) is 0 Å². The topological polar surface area (TPSA) is 85.1 Å². The number of nitrogens with zero attached hydrogens (tertiary/aromatic N) is 2. The number of nitrogens with one attached hydrogen (secondary N) is 1. The maximum Gasteiger partial charge on any atom is 0.277 e. The molecule has 1 aromatic heterocycles. The average Bonchev–Trinajstić information content (AvgIpc) is 2.37. The first-order valence-electron chi connectivity index (χ1n) is 6.06. The first-order chi connectivity index (χ1) is 9.49. The Morgan fingerprint density at radius 1 is 1.40 bits per heavy atom. The average molecular weight is 293 g/mol. The van der Waals surface area contributed by atoms with Crippen molar-refractivity contribution in [2.75, 3.05) is 17.3 Å². The Hall–Kier alpha value is -2.02. The number of nitro benzene ring substituents is 1. The maximum absolute atomic E-state index is 11.2. The van der Waals surface area contributed by atoms with Crippen molar-refractivity contribution in [2.45, 2.75) is 13.0 Å². The molecule has 1 heterocycles. The maximum atomic E-state index is 11.2. The van der Waals surface area contributed by atoms with Crippen LogP contribution in [0.25, 0.3) is 10.8 Å². The van der Waals surface area contributed by atoms with Crippen LogP contribution in [-0.4, -0.2) is 32.2 Å². The molecule has 0 bridgehead atoms. The van der Waals surface area contributed by atoms with Crippen LogP contribution < -0.4 is 5.32 Å². The van der Waals surface area contributed by atoms with Gasteiger partial charge in [0.2, 0.25) is 0 Å². The van der Waals surface area contributed by atoms with Gasteiger partial charge < -0.3 is 5.32 Å². The number of nitro groups is 1. The molecule has 0 radical (unpaired) electrons. The predicted octanol–water partition coefficient (Wildman–Crippen LogP) is 2.32. The van der Waals surface area contributed by atoms with E-state index in [1.165, 1.54) is 12.3 Å². The Kier molecular flexibility index (Phi) is 4.29. The van der Waals surface area contributed by atoms with Crippen LogP contribution >= 0.6 is 0 Å². The van der Waals surface area contributed by atoms with E-state index in [9.17, 15) is 14.3 Å². The minimum absolute atomic E-state index is 0.00527. The molecule has 2 atom stereocenters. The van der Waals surface area contributed by atoms with Crippen LogP contribution in [0.15, 0.2) is 30.6 Å². The van der Waals surface area contributed by atoms with Crippen molar-refractivity contribution in [3.8, 4) is 0 Å². The van der Waals surface area contributed by atoms with Crippen molar-refractivity contribution in [2.24, 2.45) is 0 Å². The van der Waals surface area contributed by atoms with Gasteiger partial charge in [-0.1, -0.05) is 0 Å². The zero-order valence-electron chi connectivity index (χ0n) is 11.2. The normalized spacial score (nSPS) is 13.9. The van der Waals surface area contributed by atoms with Crippen LogP contribution in [0.5, 0.6) is 0 Å². The van der Waals surface area contributed by atoms with Gasteiger partial charge in [0.15, 0.2) is 0 Å². The fourth-order valence-electron chi connectivity index (χ4n) is 2.12. The second kappa shape index (κ2) is 5.96. The van der Waals surface area contributed by atoms with E-state index < -0.39 is 15.7 Å². The minimum Gasteiger partial charge on any atom is -0.381 e. The van der Waals surface area contributed by atoms with E-state index in [0.717, 1.165) is 5.69 Å². The zero-order chi connectivity index (χ0) is 14.7. The van der Waals surface area contributed by atoms with Crippen molar-refractivity contribution in [1.82, 2.24) is 4.98 Å². The summed E-state index contributed by atoms with van der Waals surface area (Å²) in [5.41, 5.74) is 0.816. The summed E-state index contributed by atoms with van der Waals surface area (Å²) >= 11 is 0. The summed E-state index contributed by atoms with van der Waals surface area (Å²) in [4.78, 5) is 14.6. The van der Waals surface area contributed by atoms with Crippen LogP contribution in [-0.2, 0) is 10.8 Å². The number of hydrogen-bond donors (Lipinski definition) is 1. The molecule has 0 saturated heterocycles. The van der Waals surface area contributed by atoms with Gasteiger partial charge in [0.05, 0.1) is 10.3 Å². The molecule has 1 aromatic carbocycles. The molecule has 0 aliphatic carbocycles. The molecule has 20 heavy (non-hydrogen) atoms. The van der Waals surface area contributed by atoms with Crippen molar-refractivity contribution in [1.29, 1.82) is 0 Å². The number of aromatic nitrogens is 1. The quantitative estimate of drug-likeness (QED) is 0.675. The first kappa shape index (κ1) is 14.4. The molecule has 0 aliphatic heterocycles. The van der Waals surface area contributed by atoms with Gasteiger partial charge in [0, 0.05) is 58.4 Å². The number of hydrogen-bond acceptors (Lipinski definition) is 5. The summed E-state index contributed by atoms with van der Waals surface area (Å²) in [5, 5.41) is 15.5. The molecular formula is C13H15N3O3S. The van der Waals surface area contributed by atoms with Gasteiger partial charge in [-0.25, -0.2) is 0 Å². The molecule has 2 aromatic rings. The Bertz CT molecular complexity index is 675. The monoisotopic (exact) mass is 293 g/mol. The third-order valence-corrected chi connectivity index (χ3v) is 3.85. The summed E-state index contributed by atoms with van der Waals surface area (Å²) in [7, 11) is -0.901. The standard InChI is InChI=1S/C13H15N3O3S/c1-9(8-20(2)19)15-12-3-4-13(16(17)18)10-5-6-14-7-11(10)12/h3-7,9,15H,8H2,1-2H3. The van der Waals surface area contributed by atoms with Crippen LogP contribution in [0.1, 0.15) is 6.92 Å². The van der Waals surface area contributed by atoms with Gasteiger partial charge in [0.1, 0.15) is 0 Å². The summed E-state index contributed by atoms with van der Waals surface area (Å²) in [6.45, 7) is 1.92. The van der Waals surface area contributed by atoms with E-state index in [4.69, 9.17) is 0 Å². The molecule has 6 nitrogen and oxygen atoms in total. The third kappa shape index (κ3) is 3.11. The number of anilines is 1. The van der Waals surface area contributed by atoms with Gasteiger partial charge in [-0.3, -0.25) is 19.3 Å². The van der Waals surface area contributed by atoms with Crippen LogP contribution in [0.4, 0.5) is 11.4 Å². The number of pyridine rings is 1. The second-order valence-electron chi connectivity index (χ2n) is 4.60. The molecule has 1 N–H and O–H groups in total. The summed E-state index contributed by atoms with van der Waals surface area (Å²) in [6.07, 6.45) is 4.78. The Labute approximate surface area is 118 Å². The molecule has 2 rings (SSSR count). The Morgan fingerprint density at radius 2 is 2.15 bits per heavy atom. The smallest absolute Gasteiger partial charge is 0.277 e. The molecule has 7 heteroatoms. The number of rotatable bonds is 5. The number of fused-ring (bicyclic) bond motifs is 1. The molecule has 0 amide bonds. The highest BCUT2D eigenvalue weighted by molar-refractivity contribution is 7.84. The van der Waals surface area contributed by atoms with E-state index in [0.29, 0.717) is 16.5 Å². The van der Waals surface area contributed by atoms with Gasteiger partial charge in [-0.2, -0.15) is 0 Å². The Balaban J connectivity index is 2.43. The van der Waals surface area contributed by atoms with Gasteiger partial charge in [-0.05, 0) is 19.1 Å². The van der Waals surface area contributed by atoms with Crippen molar-refractivity contribution >= 4 is 32.9 Å². The molecule has 0 spiro atoms. The minimum atomic E-state index is -0.901. The molecule has 0 saturated carbocycles. The summed E-state index contributed by atoms with van der Waals surface area (Å²) < 4.78 is 11.2. The van der Waals surface area contributed by atoms with Crippen LogP contribution in [0.2, 0.25) is 0 Å². The molecule has 106 valence electrons. The van der Waals surface area contributed by atoms with Gasteiger partial charge >= 0.3 is 0 Å².